The maximum absolute atomic E-state index is 14.2. The van der Waals surface area contributed by atoms with Crippen molar-refractivity contribution in [1.82, 2.24) is 0 Å². The minimum atomic E-state index is -1.17. The summed E-state index contributed by atoms with van der Waals surface area (Å²) in [7, 11) is 0. The van der Waals surface area contributed by atoms with Crippen LogP contribution < -0.4 is 5.73 Å². The van der Waals surface area contributed by atoms with Gasteiger partial charge in [0.1, 0.15) is 5.82 Å². The molecule has 1 unspecified atom stereocenters. The van der Waals surface area contributed by atoms with E-state index < -0.39 is 11.0 Å². The smallest absolute Gasteiger partial charge is 0.129 e. The molecular formula is C17H26FNO. The first-order valence-electron chi connectivity index (χ1n) is 7.77. The molecule has 1 aliphatic rings. The van der Waals surface area contributed by atoms with Crippen LogP contribution in [0.25, 0.3) is 0 Å². The van der Waals surface area contributed by atoms with E-state index in [2.05, 4.69) is 0 Å². The Morgan fingerprint density at radius 1 is 1.20 bits per heavy atom. The first-order valence-corrected chi connectivity index (χ1v) is 7.77. The fourth-order valence-corrected chi connectivity index (χ4v) is 3.84. The molecule has 0 bridgehead atoms. The van der Waals surface area contributed by atoms with Crippen LogP contribution in [0.4, 0.5) is 4.39 Å². The molecule has 1 atom stereocenters. The minimum Gasteiger partial charge on any atom is -0.384 e. The highest BCUT2D eigenvalue weighted by molar-refractivity contribution is 5.27. The SMILES string of the molecule is CCC(O)(c1ccccc1F)C1(CN)CCCCCC1. The Morgan fingerprint density at radius 2 is 1.80 bits per heavy atom. The van der Waals surface area contributed by atoms with Gasteiger partial charge in [0.15, 0.2) is 0 Å². The highest BCUT2D eigenvalue weighted by atomic mass is 19.1. The molecule has 3 N–H and O–H groups in total. The van der Waals surface area contributed by atoms with Gasteiger partial charge in [0.25, 0.3) is 0 Å². The minimum absolute atomic E-state index is 0.325. The topological polar surface area (TPSA) is 46.2 Å². The van der Waals surface area contributed by atoms with E-state index in [9.17, 15) is 9.50 Å². The lowest BCUT2D eigenvalue weighted by Crippen LogP contribution is -2.50. The standard InChI is InChI=1S/C17H26FNO/c1-2-17(20,14-9-5-6-10-15(14)18)16(13-19)11-7-3-4-8-12-16/h5-6,9-10,20H,2-4,7-8,11-13,19H2,1H3. The lowest BCUT2D eigenvalue weighted by molar-refractivity contribution is -0.102. The summed E-state index contributed by atoms with van der Waals surface area (Å²) in [4.78, 5) is 0. The number of halogens is 1. The molecule has 0 heterocycles. The van der Waals surface area contributed by atoms with Crippen LogP contribution in [0.2, 0.25) is 0 Å². The first-order chi connectivity index (χ1) is 9.59. The molecule has 1 fully saturated rings. The average Bonchev–Trinajstić information content (AvgIpc) is 2.73. The third-order valence-corrected chi connectivity index (χ3v) is 5.16. The van der Waals surface area contributed by atoms with Crippen molar-refractivity contribution in [3.8, 4) is 0 Å². The van der Waals surface area contributed by atoms with Crippen LogP contribution >= 0.6 is 0 Å². The average molecular weight is 279 g/mol. The Labute approximate surface area is 121 Å². The van der Waals surface area contributed by atoms with Crippen molar-refractivity contribution in [2.75, 3.05) is 6.54 Å². The van der Waals surface area contributed by atoms with E-state index in [4.69, 9.17) is 5.73 Å². The summed E-state index contributed by atoms with van der Waals surface area (Å²) in [5.74, 6) is -0.325. The van der Waals surface area contributed by atoms with Crippen molar-refractivity contribution < 1.29 is 9.50 Å². The zero-order valence-corrected chi connectivity index (χ0v) is 12.4. The Hall–Kier alpha value is -0.930. The van der Waals surface area contributed by atoms with Crippen LogP contribution in [0.3, 0.4) is 0 Å². The van der Waals surface area contributed by atoms with Gasteiger partial charge in [-0.15, -0.1) is 0 Å². The van der Waals surface area contributed by atoms with Gasteiger partial charge in [0.05, 0.1) is 5.60 Å². The van der Waals surface area contributed by atoms with Gasteiger partial charge >= 0.3 is 0 Å². The van der Waals surface area contributed by atoms with E-state index in [-0.39, 0.29) is 5.82 Å². The Balaban J connectivity index is 2.49. The highest BCUT2D eigenvalue weighted by Gasteiger charge is 2.50. The predicted molar refractivity (Wildman–Crippen MR) is 79.8 cm³/mol. The molecule has 112 valence electrons. The highest BCUT2D eigenvalue weighted by Crippen LogP contribution is 2.50. The molecule has 3 heteroatoms. The number of nitrogens with two attached hydrogens (primary N) is 1. The molecule has 2 rings (SSSR count). The number of hydrogen-bond donors (Lipinski definition) is 2. The van der Waals surface area contributed by atoms with E-state index in [1.165, 1.54) is 18.9 Å². The summed E-state index contributed by atoms with van der Waals surface area (Å²) in [6.45, 7) is 2.33. The first kappa shape index (κ1) is 15.5. The summed E-state index contributed by atoms with van der Waals surface area (Å²) in [5, 5.41) is 11.4. The van der Waals surface area contributed by atoms with Crippen molar-refractivity contribution >= 4 is 0 Å². The molecule has 1 aliphatic carbocycles. The molecule has 0 saturated heterocycles. The second kappa shape index (κ2) is 6.23. The molecule has 0 aromatic heterocycles. The van der Waals surface area contributed by atoms with Crippen LogP contribution in [0.1, 0.15) is 57.4 Å². The van der Waals surface area contributed by atoms with Gasteiger partial charge in [-0.2, -0.15) is 0 Å². The van der Waals surface area contributed by atoms with Crippen LogP contribution in [-0.2, 0) is 5.60 Å². The predicted octanol–water partition coefficient (Wildman–Crippen LogP) is 3.72. The number of benzene rings is 1. The summed E-state index contributed by atoms with van der Waals surface area (Å²) in [6, 6.07) is 6.59. The van der Waals surface area contributed by atoms with Crippen LogP contribution in [0.5, 0.6) is 0 Å². The number of hydrogen-bond acceptors (Lipinski definition) is 2. The van der Waals surface area contributed by atoms with Gasteiger partial charge in [-0.05, 0) is 25.3 Å². The summed E-state index contributed by atoms with van der Waals surface area (Å²) in [6.07, 6.45) is 6.73. The molecule has 1 aromatic rings. The van der Waals surface area contributed by atoms with Gasteiger partial charge in [-0.3, -0.25) is 0 Å². The molecule has 20 heavy (non-hydrogen) atoms. The third kappa shape index (κ3) is 2.49. The largest absolute Gasteiger partial charge is 0.384 e. The molecule has 0 spiro atoms. The molecule has 1 aromatic carbocycles. The van der Waals surface area contributed by atoms with Gasteiger partial charge in [0.2, 0.25) is 0 Å². The van der Waals surface area contributed by atoms with Gasteiger partial charge in [-0.25, -0.2) is 4.39 Å². The second-order valence-corrected chi connectivity index (χ2v) is 6.09. The zero-order chi connectivity index (χ0) is 14.6. The maximum atomic E-state index is 14.2. The Bertz CT molecular complexity index is 440. The third-order valence-electron chi connectivity index (χ3n) is 5.16. The van der Waals surface area contributed by atoms with Crippen LogP contribution in [0.15, 0.2) is 24.3 Å². The lowest BCUT2D eigenvalue weighted by Gasteiger charge is -2.47. The Morgan fingerprint density at radius 3 is 2.30 bits per heavy atom. The van der Waals surface area contributed by atoms with Crippen molar-refractivity contribution in [1.29, 1.82) is 0 Å². The molecule has 0 amide bonds. The van der Waals surface area contributed by atoms with Gasteiger partial charge < -0.3 is 10.8 Å². The van der Waals surface area contributed by atoms with Gasteiger partial charge in [-0.1, -0.05) is 50.8 Å². The monoisotopic (exact) mass is 279 g/mol. The van der Waals surface area contributed by atoms with Crippen molar-refractivity contribution in [3.63, 3.8) is 0 Å². The van der Waals surface area contributed by atoms with Crippen molar-refractivity contribution in [2.24, 2.45) is 11.1 Å². The van der Waals surface area contributed by atoms with Crippen LogP contribution in [0, 0.1) is 11.2 Å². The summed E-state index contributed by atoms with van der Waals surface area (Å²) >= 11 is 0. The number of rotatable bonds is 4. The van der Waals surface area contributed by atoms with Crippen LogP contribution in [-0.4, -0.2) is 11.7 Å². The van der Waals surface area contributed by atoms with E-state index in [0.717, 1.165) is 25.7 Å². The molecule has 1 saturated carbocycles. The van der Waals surface area contributed by atoms with E-state index in [1.54, 1.807) is 18.2 Å². The molecule has 0 radical (unpaired) electrons. The van der Waals surface area contributed by atoms with Crippen molar-refractivity contribution in [2.45, 2.75) is 57.5 Å². The van der Waals surface area contributed by atoms with E-state index >= 15 is 0 Å². The fraction of sp³-hybridized carbons (Fsp3) is 0.647. The quantitative estimate of drug-likeness (QED) is 0.825. The normalized spacial score (nSPS) is 22.0. The van der Waals surface area contributed by atoms with E-state index in [0.29, 0.717) is 18.5 Å². The Kier molecular flexibility index (Phi) is 4.82. The van der Waals surface area contributed by atoms with Gasteiger partial charge in [0, 0.05) is 17.5 Å². The maximum Gasteiger partial charge on any atom is 0.129 e. The summed E-state index contributed by atoms with van der Waals surface area (Å²) < 4.78 is 14.2. The number of aliphatic hydroxyl groups is 1. The fourth-order valence-electron chi connectivity index (χ4n) is 3.84. The molecule has 0 aliphatic heterocycles. The molecule has 2 nitrogen and oxygen atoms in total. The van der Waals surface area contributed by atoms with E-state index in [1.807, 2.05) is 6.92 Å². The second-order valence-electron chi connectivity index (χ2n) is 6.09. The summed E-state index contributed by atoms with van der Waals surface area (Å²) in [5.41, 5.74) is 4.91. The van der Waals surface area contributed by atoms with Crippen molar-refractivity contribution in [3.05, 3.63) is 35.6 Å². The lowest BCUT2D eigenvalue weighted by atomic mass is 9.62. The zero-order valence-electron chi connectivity index (χ0n) is 12.4. The molecular weight excluding hydrogens is 253 g/mol.